The maximum atomic E-state index is 11.4. The standard InChI is InChI=1S/C14H14N2O3S/c1-18-14(17)13-8-15-7-12(16-13)10-3-5-11(6-4-10)19-9-20-2/h3-8H,9H2,1-2H3. The number of aromatic nitrogens is 2. The van der Waals surface area contributed by atoms with Gasteiger partial charge in [-0.3, -0.25) is 4.98 Å². The molecule has 0 spiro atoms. The Morgan fingerprint density at radius 2 is 2.00 bits per heavy atom. The van der Waals surface area contributed by atoms with Crippen LogP contribution in [-0.4, -0.2) is 35.2 Å². The summed E-state index contributed by atoms with van der Waals surface area (Å²) in [5.41, 5.74) is 1.66. The zero-order valence-electron chi connectivity index (χ0n) is 11.2. The van der Waals surface area contributed by atoms with Gasteiger partial charge in [0, 0.05) is 5.56 Å². The second-order valence-corrected chi connectivity index (χ2v) is 4.67. The number of benzene rings is 1. The van der Waals surface area contributed by atoms with Crippen molar-refractivity contribution in [2.45, 2.75) is 0 Å². The Bertz CT molecular complexity index is 587. The van der Waals surface area contributed by atoms with Gasteiger partial charge in [0.15, 0.2) is 5.69 Å². The molecule has 2 aromatic rings. The summed E-state index contributed by atoms with van der Waals surface area (Å²) in [7, 11) is 1.31. The largest absolute Gasteiger partial charge is 0.483 e. The summed E-state index contributed by atoms with van der Waals surface area (Å²) in [6.45, 7) is 0. The minimum absolute atomic E-state index is 0.188. The van der Waals surface area contributed by atoms with E-state index in [1.54, 1.807) is 18.0 Å². The van der Waals surface area contributed by atoms with Crippen LogP contribution in [-0.2, 0) is 4.74 Å². The molecule has 0 radical (unpaired) electrons. The van der Waals surface area contributed by atoms with Gasteiger partial charge in [-0.2, -0.15) is 0 Å². The number of nitrogens with zero attached hydrogens (tertiary/aromatic N) is 2. The molecule has 1 aromatic heterocycles. The Morgan fingerprint density at radius 1 is 1.25 bits per heavy atom. The molecule has 0 aliphatic rings. The van der Waals surface area contributed by atoms with Crippen molar-refractivity contribution in [1.29, 1.82) is 0 Å². The van der Waals surface area contributed by atoms with E-state index in [0.29, 0.717) is 11.6 Å². The van der Waals surface area contributed by atoms with Crippen LogP contribution in [0.15, 0.2) is 36.7 Å². The van der Waals surface area contributed by atoms with Crippen LogP contribution < -0.4 is 4.74 Å². The molecule has 104 valence electrons. The summed E-state index contributed by atoms with van der Waals surface area (Å²) in [6, 6.07) is 7.47. The van der Waals surface area contributed by atoms with Gasteiger partial charge in [-0.15, -0.1) is 11.8 Å². The molecular weight excluding hydrogens is 276 g/mol. The first-order chi connectivity index (χ1) is 9.74. The van der Waals surface area contributed by atoms with Gasteiger partial charge < -0.3 is 9.47 Å². The van der Waals surface area contributed by atoms with Gasteiger partial charge in [0.2, 0.25) is 0 Å². The van der Waals surface area contributed by atoms with Gasteiger partial charge in [0.1, 0.15) is 11.7 Å². The van der Waals surface area contributed by atoms with Gasteiger partial charge in [-0.25, -0.2) is 9.78 Å². The number of thioether (sulfide) groups is 1. The molecule has 0 aliphatic carbocycles. The van der Waals surface area contributed by atoms with Crippen LogP contribution in [0.3, 0.4) is 0 Å². The Hall–Kier alpha value is -2.08. The highest BCUT2D eigenvalue weighted by Gasteiger charge is 2.09. The van der Waals surface area contributed by atoms with E-state index >= 15 is 0 Å². The molecule has 0 atom stereocenters. The normalized spacial score (nSPS) is 10.1. The molecule has 1 heterocycles. The first-order valence-corrected chi connectivity index (χ1v) is 7.26. The predicted octanol–water partition coefficient (Wildman–Crippen LogP) is 2.63. The number of hydrogen-bond donors (Lipinski definition) is 0. The highest BCUT2D eigenvalue weighted by Crippen LogP contribution is 2.21. The van der Waals surface area contributed by atoms with Crippen LogP contribution in [0.5, 0.6) is 5.75 Å². The quantitative estimate of drug-likeness (QED) is 0.623. The molecule has 1 aromatic carbocycles. The number of ether oxygens (including phenoxy) is 2. The van der Waals surface area contributed by atoms with Crippen LogP contribution in [0.1, 0.15) is 10.5 Å². The van der Waals surface area contributed by atoms with Crippen molar-refractivity contribution >= 4 is 17.7 Å². The number of esters is 1. The average Bonchev–Trinajstić information content (AvgIpc) is 2.52. The first-order valence-electron chi connectivity index (χ1n) is 5.87. The third-order valence-corrected chi connectivity index (χ3v) is 2.88. The molecule has 0 N–H and O–H groups in total. The molecule has 0 bridgehead atoms. The molecule has 2 rings (SSSR count). The minimum atomic E-state index is -0.501. The van der Waals surface area contributed by atoms with Gasteiger partial charge in [-0.1, -0.05) is 0 Å². The second kappa shape index (κ2) is 6.91. The fraction of sp³-hybridized carbons (Fsp3) is 0.214. The van der Waals surface area contributed by atoms with Crippen molar-refractivity contribution in [2.75, 3.05) is 19.3 Å². The predicted molar refractivity (Wildman–Crippen MR) is 77.8 cm³/mol. The van der Waals surface area contributed by atoms with Gasteiger partial charge >= 0.3 is 5.97 Å². The van der Waals surface area contributed by atoms with Crippen molar-refractivity contribution in [1.82, 2.24) is 9.97 Å². The lowest BCUT2D eigenvalue weighted by molar-refractivity contribution is 0.0593. The van der Waals surface area contributed by atoms with Gasteiger partial charge in [0.25, 0.3) is 0 Å². The molecule has 0 saturated heterocycles. The Balaban J connectivity index is 2.21. The Labute approximate surface area is 121 Å². The SMILES string of the molecule is COC(=O)c1cncc(-c2ccc(OCSC)cc2)n1. The lowest BCUT2D eigenvalue weighted by atomic mass is 10.1. The number of carbonyl (C=O) groups is 1. The Morgan fingerprint density at radius 3 is 2.65 bits per heavy atom. The fourth-order valence-corrected chi connectivity index (χ4v) is 1.81. The van der Waals surface area contributed by atoms with Crippen molar-refractivity contribution in [2.24, 2.45) is 0 Å². The number of carbonyl (C=O) groups excluding carboxylic acids is 1. The van der Waals surface area contributed by atoms with E-state index in [4.69, 9.17) is 4.74 Å². The first kappa shape index (κ1) is 14.3. The van der Waals surface area contributed by atoms with Crippen LogP contribution in [0.25, 0.3) is 11.3 Å². The molecule has 0 amide bonds. The van der Waals surface area contributed by atoms with Crippen LogP contribution in [0.4, 0.5) is 0 Å². The average molecular weight is 290 g/mol. The highest BCUT2D eigenvalue weighted by molar-refractivity contribution is 7.98. The van der Waals surface area contributed by atoms with Crippen LogP contribution in [0, 0.1) is 0 Å². The van der Waals surface area contributed by atoms with Gasteiger partial charge in [0.05, 0.1) is 25.2 Å². The molecule has 0 unspecified atom stereocenters. The van der Waals surface area contributed by atoms with E-state index in [0.717, 1.165) is 11.3 Å². The number of methoxy groups -OCH3 is 1. The van der Waals surface area contributed by atoms with Crippen molar-refractivity contribution in [3.8, 4) is 17.0 Å². The topological polar surface area (TPSA) is 61.3 Å². The van der Waals surface area contributed by atoms with Crippen molar-refractivity contribution in [3.63, 3.8) is 0 Å². The fourth-order valence-electron chi connectivity index (χ4n) is 1.56. The summed E-state index contributed by atoms with van der Waals surface area (Å²) in [5.74, 6) is 0.899. The minimum Gasteiger partial charge on any atom is -0.483 e. The highest BCUT2D eigenvalue weighted by atomic mass is 32.2. The third kappa shape index (κ3) is 3.48. The van der Waals surface area contributed by atoms with E-state index in [9.17, 15) is 4.79 Å². The molecule has 5 nitrogen and oxygen atoms in total. The van der Waals surface area contributed by atoms with Crippen LogP contribution in [0.2, 0.25) is 0 Å². The maximum Gasteiger partial charge on any atom is 0.358 e. The number of hydrogen-bond acceptors (Lipinski definition) is 6. The Kier molecular flexibility index (Phi) is 4.95. The summed E-state index contributed by atoms with van der Waals surface area (Å²) in [5, 5.41) is 0. The van der Waals surface area contributed by atoms with E-state index in [2.05, 4.69) is 14.7 Å². The maximum absolute atomic E-state index is 11.4. The zero-order chi connectivity index (χ0) is 14.4. The van der Waals surface area contributed by atoms with E-state index < -0.39 is 5.97 Å². The zero-order valence-corrected chi connectivity index (χ0v) is 12.0. The lowest BCUT2D eigenvalue weighted by Crippen LogP contribution is -2.05. The lowest BCUT2D eigenvalue weighted by Gasteiger charge is -2.06. The second-order valence-electron chi connectivity index (χ2n) is 3.86. The summed E-state index contributed by atoms with van der Waals surface area (Å²) in [6.07, 6.45) is 4.96. The van der Waals surface area contributed by atoms with Gasteiger partial charge in [-0.05, 0) is 30.5 Å². The summed E-state index contributed by atoms with van der Waals surface area (Å²) >= 11 is 1.61. The smallest absolute Gasteiger partial charge is 0.358 e. The molecular formula is C14H14N2O3S. The molecule has 20 heavy (non-hydrogen) atoms. The van der Waals surface area contributed by atoms with E-state index in [1.165, 1.54) is 13.3 Å². The number of rotatable bonds is 5. The molecule has 0 saturated carbocycles. The molecule has 0 aliphatic heterocycles. The van der Waals surface area contributed by atoms with Crippen molar-refractivity contribution < 1.29 is 14.3 Å². The summed E-state index contributed by atoms with van der Waals surface area (Å²) < 4.78 is 10.1. The van der Waals surface area contributed by atoms with E-state index in [-0.39, 0.29) is 5.69 Å². The van der Waals surface area contributed by atoms with Crippen LogP contribution >= 0.6 is 11.8 Å². The van der Waals surface area contributed by atoms with Crippen molar-refractivity contribution in [3.05, 3.63) is 42.4 Å². The monoisotopic (exact) mass is 290 g/mol. The molecule has 6 heteroatoms. The van der Waals surface area contributed by atoms with E-state index in [1.807, 2.05) is 30.5 Å². The third-order valence-electron chi connectivity index (χ3n) is 2.52. The molecule has 0 fully saturated rings. The summed E-state index contributed by atoms with van der Waals surface area (Å²) in [4.78, 5) is 19.7.